The molecule has 4 aromatic rings. The van der Waals surface area contributed by atoms with Crippen molar-refractivity contribution < 1.29 is 9.47 Å². The molecule has 2 unspecified atom stereocenters. The molecule has 6 rings (SSSR count). The number of aromatic nitrogens is 5. The Morgan fingerprint density at radius 3 is 2.91 bits per heavy atom. The SMILES string of the molecule is Nc1nc(NC2COc3ccccc3C2)nc(-c2ccc3cnn(C4CCCCO4)c3c2)n1. The molecule has 2 aromatic carbocycles. The van der Waals surface area contributed by atoms with Crippen molar-refractivity contribution in [1.82, 2.24) is 24.7 Å². The van der Waals surface area contributed by atoms with Crippen molar-refractivity contribution in [2.45, 2.75) is 38.0 Å². The van der Waals surface area contributed by atoms with Crippen LogP contribution in [-0.2, 0) is 11.2 Å². The van der Waals surface area contributed by atoms with E-state index in [-0.39, 0.29) is 18.2 Å². The molecule has 0 aliphatic carbocycles. The molecule has 33 heavy (non-hydrogen) atoms. The Hall–Kier alpha value is -3.72. The van der Waals surface area contributed by atoms with E-state index in [2.05, 4.69) is 31.4 Å². The van der Waals surface area contributed by atoms with E-state index in [0.29, 0.717) is 18.4 Å². The van der Waals surface area contributed by atoms with Crippen LogP contribution in [0.15, 0.2) is 48.7 Å². The van der Waals surface area contributed by atoms with Gasteiger partial charge in [0.25, 0.3) is 0 Å². The number of fused-ring (bicyclic) bond motifs is 2. The standard InChI is InChI=1S/C24H25N7O2/c25-23-28-22(29-24(30-23)27-18-11-15-5-1-2-6-20(15)33-14-18)16-8-9-17-13-26-31(19(17)12-16)21-7-3-4-10-32-21/h1-2,5-6,8-9,12-13,18,21H,3-4,7,10-11,14H2,(H3,25,27,28,29,30). The molecule has 2 atom stereocenters. The maximum absolute atomic E-state index is 6.05. The Balaban J connectivity index is 1.28. The maximum Gasteiger partial charge on any atom is 0.228 e. The molecule has 0 bridgehead atoms. The minimum Gasteiger partial charge on any atom is -0.491 e. The first-order valence-corrected chi connectivity index (χ1v) is 11.3. The summed E-state index contributed by atoms with van der Waals surface area (Å²) in [7, 11) is 0. The van der Waals surface area contributed by atoms with Gasteiger partial charge in [-0.05, 0) is 43.4 Å². The third-order valence-corrected chi connectivity index (χ3v) is 6.15. The van der Waals surface area contributed by atoms with E-state index in [1.807, 2.05) is 47.3 Å². The number of nitrogens with zero attached hydrogens (tertiary/aromatic N) is 5. The highest BCUT2D eigenvalue weighted by atomic mass is 16.5. The van der Waals surface area contributed by atoms with Crippen molar-refractivity contribution in [2.24, 2.45) is 0 Å². The van der Waals surface area contributed by atoms with Gasteiger partial charge in [-0.2, -0.15) is 20.1 Å². The van der Waals surface area contributed by atoms with Gasteiger partial charge in [0.2, 0.25) is 11.9 Å². The number of ether oxygens (including phenoxy) is 2. The summed E-state index contributed by atoms with van der Waals surface area (Å²) >= 11 is 0. The van der Waals surface area contributed by atoms with Crippen molar-refractivity contribution in [3.05, 3.63) is 54.2 Å². The zero-order valence-electron chi connectivity index (χ0n) is 18.1. The molecule has 4 heterocycles. The molecule has 168 valence electrons. The summed E-state index contributed by atoms with van der Waals surface area (Å²) in [4.78, 5) is 13.4. The Labute approximate surface area is 191 Å². The lowest BCUT2D eigenvalue weighted by Gasteiger charge is -2.26. The number of nitrogens with one attached hydrogen (secondary N) is 1. The fourth-order valence-corrected chi connectivity index (χ4v) is 4.51. The van der Waals surface area contributed by atoms with Crippen molar-refractivity contribution in [1.29, 1.82) is 0 Å². The van der Waals surface area contributed by atoms with Crippen LogP contribution >= 0.6 is 0 Å². The average molecular weight is 444 g/mol. The average Bonchev–Trinajstić information content (AvgIpc) is 3.27. The predicted octanol–water partition coefficient (Wildman–Crippen LogP) is 3.59. The lowest BCUT2D eigenvalue weighted by molar-refractivity contribution is -0.0366. The molecule has 1 fully saturated rings. The fraction of sp³-hybridized carbons (Fsp3) is 0.333. The predicted molar refractivity (Wildman–Crippen MR) is 125 cm³/mol. The summed E-state index contributed by atoms with van der Waals surface area (Å²) in [6, 6.07) is 14.2. The first-order chi connectivity index (χ1) is 16.2. The lowest BCUT2D eigenvalue weighted by atomic mass is 10.0. The van der Waals surface area contributed by atoms with Gasteiger partial charge in [-0.15, -0.1) is 0 Å². The van der Waals surface area contributed by atoms with Crippen LogP contribution in [0.25, 0.3) is 22.3 Å². The van der Waals surface area contributed by atoms with Gasteiger partial charge in [-0.3, -0.25) is 0 Å². The van der Waals surface area contributed by atoms with Gasteiger partial charge in [0.15, 0.2) is 12.1 Å². The van der Waals surface area contributed by atoms with Gasteiger partial charge in [-0.1, -0.05) is 30.3 Å². The molecule has 0 amide bonds. The van der Waals surface area contributed by atoms with E-state index in [0.717, 1.165) is 60.1 Å². The maximum atomic E-state index is 6.05. The summed E-state index contributed by atoms with van der Waals surface area (Å²) in [5.41, 5.74) is 9.05. The van der Waals surface area contributed by atoms with Crippen molar-refractivity contribution in [3.63, 3.8) is 0 Å². The quantitative estimate of drug-likeness (QED) is 0.492. The van der Waals surface area contributed by atoms with Crippen LogP contribution in [-0.4, -0.2) is 44.0 Å². The molecule has 3 N–H and O–H groups in total. The van der Waals surface area contributed by atoms with Gasteiger partial charge in [0.1, 0.15) is 12.4 Å². The van der Waals surface area contributed by atoms with Crippen molar-refractivity contribution in [2.75, 3.05) is 24.3 Å². The third kappa shape index (κ3) is 3.95. The second kappa shape index (κ2) is 8.32. The Morgan fingerprint density at radius 1 is 1.06 bits per heavy atom. The minimum atomic E-state index is -0.0404. The molecular formula is C24H25N7O2. The number of nitrogen functional groups attached to an aromatic ring is 1. The summed E-state index contributed by atoms with van der Waals surface area (Å²) < 4.78 is 13.8. The molecule has 2 aromatic heterocycles. The normalized spacial score (nSPS) is 20.2. The van der Waals surface area contributed by atoms with Crippen LogP contribution in [0.1, 0.15) is 31.1 Å². The zero-order valence-corrected chi connectivity index (χ0v) is 18.1. The zero-order chi connectivity index (χ0) is 22.2. The minimum absolute atomic E-state index is 0.0404. The number of hydrogen-bond acceptors (Lipinski definition) is 8. The van der Waals surface area contributed by atoms with Crippen LogP contribution < -0.4 is 15.8 Å². The fourth-order valence-electron chi connectivity index (χ4n) is 4.51. The van der Waals surface area contributed by atoms with E-state index in [4.69, 9.17) is 15.2 Å². The number of anilines is 2. The van der Waals surface area contributed by atoms with Crippen molar-refractivity contribution in [3.8, 4) is 17.1 Å². The van der Waals surface area contributed by atoms with Crippen molar-refractivity contribution >= 4 is 22.8 Å². The Bertz CT molecular complexity index is 1300. The van der Waals surface area contributed by atoms with Gasteiger partial charge < -0.3 is 20.5 Å². The number of para-hydroxylation sites is 1. The van der Waals surface area contributed by atoms with E-state index in [9.17, 15) is 0 Å². The highest BCUT2D eigenvalue weighted by Gasteiger charge is 2.22. The molecular weight excluding hydrogens is 418 g/mol. The first-order valence-electron chi connectivity index (χ1n) is 11.3. The summed E-state index contributed by atoms with van der Waals surface area (Å²) in [5, 5.41) is 8.98. The van der Waals surface area contributed by atoms with E-state index in [1.54, 1.807) is 0 Å². The van der Waals surface area contributed by atoms with Crippen LogP contribution in [0, 0.1) is 0 Å². The monoisotopic (exact) mass is 443 g/mol. The van der Waals surface area contributed by atoms with Crippen LogP contribution in [0.2, 0.25) is 0 Å². The van der Waals surface area contributed by atoms with Gasteiger partial charge >= 0.3 is 0 Å². The topological polar surface area (TPSA) is 113 Å². The summed E-state index contributed by atoms with van der Waals surface area (Å²) in [5.74, 6) is 2.05. The largest absolute Gasteiger partial charge is 0.491 e. The molecule has 9 heteroatoms. The summed E-state index contributed by atoms with van der Waals surface area (Å²) in [6.07, 6.45) is 5.84. The van der Waals surface area contributed by atoms with Gasteiger partial charge in [0, 0.05) is 17.6 Å². The Kier molecular flexibility index (Phi) is 5.03. The molecule has 2 aliphatic heterocycles. The van der Waals surface area contributed by atoms with Crippen LogP contribution in [0.4, 0.5) is 11.9 Å². The molecule has 0 saturated carbocycles. The number of rotatable bonds is 4. The lowest BCUT2D eigenvalue weighted by Crippen LogP contribution is -2.33. The molecule has 1 saturated heterocycles. The molecule has 0 spiro atoms. The first kappa shape index (κ1) is 19.9. The van der Waals surface area contributed by atoms with Gasteiger partial charge in [-0.25, -0.2) is 4.68 Å². The second-order valence-corrected chi connectivity index (χ2v) is 8.49. The highest BCUT2D eigenvalue weighted by molar-refractivity contribution is 5.83. The highest BCUT2D eigenvalue weighted by Crippen LogP contribution is 2.29. The van der Waals surface area contributed by atoms with Gasteiger partial charge in [0.05, 0.1) is 17.8 Å². The van der Waals surface area contributed by atoms with Crippen LogP contribution in [0.3, 0.4) is 0 Å². The second-order valence-electron chi connectivity index (χ2n) is 8.49. The molecule has 0 radical (unpaired) electrons. The van der Waals surface area contributed by atoms with Crippen LogP contribution in [0.5, 0.6) is 5.75 Å². The smallest absolute Gasteiger partial charge is 0.228 e. The number of nitrogens with two attached hydrogens (primary N) is 1. The Morgan fingerprint density at radius 2 is 2.00 bits per heavy atom. The summed E-state index contributed by atoms with van der Waals surface area (Å²) in [6.45, 7) is 1.30. The third-order valence-electron chi connectivity index (χ3n) is 6.15. The number of hydrogen-bond donors (Lipinski definition) is 2. The van der Waals surface area contributed by atoms with E-state index in [1.165, 1.54) is 0 Å². The number of benzene rings is 2. The molecule has 9 nitrogen and oxygen atoms in total. The molecule has 2 aliphatic rings. The van der Waals surface area contributed by atoms with E-state index < -0.39 is 0 Å². The van der Waals surface area contributed by atoms with E-state index >= 15 is 0 Å².